The van der Waals surface area contributed by atoms with Crippen LogP contribution in [0, 0.1) is 6.92 Å². The normalized spacial score (nSPS) is 12.1. The first-order valence-electron chi connectivity index (χ1n) is 17.3. The average Bonchev–Trinajstić information content (AvgIpc) is 3.17. The van der Waals surface area contributed by atoms with Crippen molar-refractivity contribution in [3.8, 4) is 45.5 Å². The SMILES string of the molecule is COc1cc2c(cc1OC)-c1cc(Nc3cccc(Cl)c3)nc(=O)n1CC2.COc1cc2c(cc1OC)-c1cc(Nc3ccccc3C)nc(=O)n1CC2. The summed E-state index contributed by atoms with van der Waals surface area (Å²) in [5.74, 6) is 3.64. The van der Waals surface area contributed by atoms with Gasteiger partial charge < -0.3 is 29.6 Å². The predicted octanol–water partition coefficient (Wildman–Crippen LogP) is 7.42. The van der Waals surface area contributed by atoms with E-state index in [-0.39, 0.29) is 11.4 Å². The summed E-state index contributed by atoms with van der Waals surface area (Å²) >= 11 is 6.03. The molecule has 2 aliphatic heterocycles. The molecule has 0 amide bonds. The Kier molecular flexibility index (Phi) is 10.3. The van der Waals surface area contributed by atoms with E-state index in [4.69, 9.17) is 30.5 Å². The molecule has 13 heteroatoms. The number of para-hydroxylation sites is 1. The Labute approximate surface area is 316 Å². The van der Waals surface area contributed by atoms with Gasteiger partial charge in [0.1, 0.15) is 11.6 Å². The summed E-state index contributed by atoms with van der Waals surface area (Å²) in [6.45, 7) is 3.18. The van der Waals surface area contributed by atoms with E-state index in [2.05, 4.69) is 20.6 Å². The number of halogens is 1. The van der Waals surface area contributed by atoms with Gasteiger partial charge in [-0.25, -0.2) is 9.59 Å². The zero-order valence-corrected chi connectivity index (χ0v) is 31.3. The van der Waals surface area contributed by atoms with E-state index < -0.39 is 0 Å². The third-order valence-corrected chi connectivity index (χ3v) is 9.74. The molecule has 2 N–H and O–H groups in total. The third kappa shape index (κ3) is 7.20. The van der Waals surface area contributed by atoms with E-state index in [1.165, 1.54) is 0 Å². The Morgan fingerprint density at radius 3 is 1.61 bits per heavy atom. The molecule has 4 heterocycles. The van der Waals surface area contributed by atoms with Crippen molar-refractivity contribution >= 4 is 34.6 Å². The maximum absolute atomic E-state index is 12.6. The largest absolute Gasteiger partial charge is 0.493 e. The molecule has 0 spiro atoms. The lowest BCUT2D eigenvalue weighted by atomic mass is 9.97. The molecule has 0 saturated heterocycles. The number of benzene rings is 4. The van der Waals surface area contributed by atoms with Gasteiger partial charge in [0.15, 0.2) is 23.0 Å². The van der Waals surface area contributed by atoms with Gasteiger partial charge in [-0.15, -0.1) is 0 Å². The van der Waals surface area contributed by atoms with E-state index in [1.807, 2.05) is 79.7 Å². The van der Waals surface area contributed by atoms with Crippen molar-refractivity contribution in [2.24, 2.45) is 0 Å². The van der Waals surface area contributed by atoms with Crippen LogP contribution in [0.5, 0.6) is 23.0 Å². The lowest BCUT2D eigenvalue weighted by molar-refractivity contribution is 0.354. The first-order valence-corrected chi connectivity index (χ1v) is 17.7. The summed E-state index contributed by atoms with van der Waals surface area (Å²) in [6, 6.07) is 26.7. The van der Waals surface area contributed by atoms with Crippen LogP contribution in [0.1, 0.15) is 16.7 Å². The van der Waals surface area contributed by atoms with Crippen LogP contribution < -0.4 is 41.0 Å². The Morgan fingerprint density at radius 2 is 1.11 bits per heavy atom. The van der Waals surface area contributed by atoms with Crippen LogP contribution in [0.25, 0.3) is 22.5 Å². The van der Waals surface area contributed by atoms with Crippen LogP contribution in [0.15, 0.2) is 94.5 Å². The van der Waals surface area contributed by atoms with Crippen LogP contribution in [0.2, 0.25) is 5.02 Å². The lowest BCUT2D eigenvalue weighted by Crippen LogP contribution is -2.28. The fraction of sp³-hybridized carbons (Fsp3) is 0.220. The molecule has 0 fully saturated rings. The summed E-state index contributed by atoms with van der Waals surface area (Å²) in [4.78, 5) is 33.5. The van der Waals surface area contributed by atoms with Crippen molar-refractivity contribution in [2.45, 2.75) is 32.9 Å². The molecule has 0 saturated carbocycles. The zero-order chi connectivity index (χ0) is 37.9. The van der Waals surface area contributed by atoms with E-state index >= 15 is 0 Å². The summed E-state index contributed by atoms with van der Waals surface area (Å²) in [7, 11) is 6.44. The minimum absolute atomic E-state index is 0.260. The van der Waals surface area contributed by atoms with Crippen molar-refractivity contribution in [2.75, 3.05) is 39.1 Å². The van der Waals surface area contributed by atoms with Crippen LogP contribution in [0.3, 0.4) is 0 Å². The minimum atomic E-state index is -0.294. The van der Waals surface area contributed by atoms with Gasteiger partial charge in [-0.3, -0.25) is 9.13 Å². The molecule has 12 nitrogen and oxygen atoms in total. The highest BCUT2D eigenvalue weighted by molar-refractivity contribution is 6.30. The standard InChI is InChI=1S/C21H21N3O3.C20H18ClN3O3/c1-13-6-4-5-7-16(13)22-20-12-17-15-11-19(27-3)18(26-2)10-14(15)8-9-24(17)21(25)23-20;1-26-17-8-12-6-7-24-16(15(12)10-18(17)27-2)11-19(23-20(24)25)22-14-5-3-4-13(21)9-14/h4-7,10-12H,8-9H2,1-3H3,(H,22,23,25);3-5,8-11H,6-7H2,1-2H3,(H,22,23,25). The van der Waals surface area contributed by atoms with Crippen molar-refractivity contribution in [1.82, 2.24) is 19.1 Å². The second kappa shape index (κ2) is 15.4. The summed E-state index contributed by atoms with van der Waals surface area (Å²) in [6.07, 6.45) is 1.47. The summed E-state index contributed by atoms with van der Waals surface area (Å²) in [5.41, 5.74) is 7.98. The molecular formula is C41H39ClN6O6. The maximum Gasteiger partial charge on any atom is 0.350 e. The van der Waals surface area contributed by atoms with Crippen LogP contribution >= 0.6 is 11.6 Å². The molecule has 0 unspecified atom stereocenters. The van der Waals surface area contributed by atoms with Gasteiger partial charge in [-0.05, 0) is 85.0 Å². The monoisotopic (exact) mass is 746 g/mol. The van der Waals surface area contributed by atoms with Crippen molar-refractivity contribution in [3.05, 3.63) is 128 Å². The molecular weight excluding hydrogens is 708 g/mol. The maximum atomic E-state index is 12.6. The summed E-state index contributed by atoms with van der Waals surface area (Å²) < 4.78 is 25.1. The van der Waals surface area contributed by atoms with Crippen molar-refractivity contribution < 1.29 is 18.9 Å². The first-order chi connectivity index (χ1) is 26.2. The highest BCUT2D eigenvalue weighted by Crippen LogP contribution is 2.40. The molecule has 0 atom stereocenters. The van der Waals surface area contributed by atoms with Gasteiger partial charge in [0.25, 0.3) is 0 Å². The molecule has 0 aliphatic carbocycles. The molecule has 0 bridgehead atoms. The average molecular weight is 747 g/mol. The number of ether oxygens (including phenoxy) is 4. The quantitative estimate of drug-likeness (QED) is 0.162. The third-order valence-electron chi connectivity index (χ3n) is 9.51. The molecule has 4 aromatic carbocycles. The zero-order valence-electron chi connectivity index (χ0n) is 30.5. The molecule has 2 aromatic heterocycles. The highest BCUT2D eigenvalue weighted by Gasteiger charge is 2.23. The van der Waals surface area contributed by atoms with Gasteiger partial charge in [-0.2, -0.15) is 9.97 Å². The molecule has 276 valence electrons. The van der Waals surface area contributed by atoms with E-state index in [0.717, 1.165) is 63.4 Å². The van der Waals surface area contributed by atoms with Crippen molar-refractivity contribution in [1.29, 1.82) is 0 Å². The fourth-order valence-corrected chi connectivity index (χ4v) is 6.97. The Morgan fingerprint density at radius 1 is 0.611 bits per heavy atom. The lowest BCUT2D eigenvalue weighted by Gasteiger charge is -2.23. The number of methoxy groups -OCH3 is 4. The predicted molar refractivity (Wildman–Crippen MR) is 211 cm³/mol. The minimum Gasteiger partial charge on any atom is -0.493 e. The fourth-order valence-electron chi connectivity index (χ4n) is 6.78. The molecule has 8 rings (SSSR count). The number of hydrogen-bond acceptors (Lipinski definition) is 10. The number of anilines is 4. The molecule has 54 heavy (non-hydrogen) atoms. The van der Waals surface area contributed by atoms with Gasteiger partial charge in [-0.1, -0.05) is 35.9 Å². The van der Waals surface area contributed by atoms with Crippen LogP contribution in [0.4, 0.5) is 23.0 Å². The van der Waals surface area contributed by atoms with E-state index in [1.54, 1.807) is 49.7 Å². The summed E-state index contributed by atoms with van der Waals surface area (Å²) in [5, 5.41) is 7.03. The van der Waals surface area contributed by atoms with E-state index in [0.29, 0.717) is 52.7 Å². The van der Waals surface area contributed by atoms with Gasteiger partial charge in [0, 0.05) is 52.7 Å². The van der Waals surface area contributed by atoms with Gasteiger partial charge >= 0.3 is 11.4 Å². The Balaban J connectivity index is 0.000000167. The number of aromatic nitrogens is 4. The number of hydrogen-bond donors (Lipinski definition) is 2. The van der Waals surface area contributed by atoms with Gasteiger partial charge in [0.05, 0.1) is 39.8 Å². The molecule has 0 radical (unpaired) electrons. The Bertz CT molecular complexity index is 2500. The second-order valence-electron chi connectivity index (χ2n) is 12.7. The topological polar surface area (TPSA) is 131 Å². The number of nitrogens with one attached hydrogen (secondary N) is 2. The smallest absolute Gasteiger partial charge is 0.350 e. The number of fused-ring (bicyclic) bond motifs is 6. The number of aryl methyl sites for hydroxylation is 3. The number of nitrogens with zero attached hydrogens (tertiary/aromatic N) is 4. The number of rotatable bonds is 8. The van der Waals surface area contributed by atoms with Crippen LogP contribution in [-0.4, -0.2) is 47.5 Å². The van der Waals surface area contributed by atoms with Gasteiger partial charge in [0.2, 0.25) is 0 Å². The Hall–Kier alpha value is -6.27. The molecule has 6 aromatic rings. The van der Waals surface area contributed by atoms with Crippen molar-refractivity contribution in [3.63, 3.8) is 0 Å². The molecule has 2 aliphatic rings. The van der Waals surface area contributed by atoms with Crippen LogP contribution in [-0.2, 0) is 25.9 Å². The highest BCUT2D eigenvalue weighted by atomic mass is 35.5. The first kappa shape index (κ1) is 36.1. The van der Waals surface area contributed by atoms with E-state index in [9.17, 15) is 9.59 Å². The second-order valence-corrected chi connectivity index (χ2v) is 13.2.